The van der Waals surface area contributed by atoms with Crippen molar-refractivity contribution in [3.63, 3.8) is 0 Å². The van der Waals surface area contributed by atoms with Gasteiger partial charge in [0.05, 0.1) is 11.2 Å². The Morgan fingerprint density at radius 2 is 1.67 bits per heavy atom. The molecular formula is C27H21ClN4S. The number of aromatic nitrogens is 4. The number of benzene rings is 3. The van der Waals surface area contributed by atoms with Crippen LogP contribution in [0.1, 0.15) is 5.56 Å². The van der Waals surface area contributed by atoms with E-state index < -0.39 is 0 Å². The number of fused-ring (bicyclic) bond motifs is 1. The SMILES string of the molecule is C=CCn1c(SCc2ccc(Cl)cc2)nnc1-c1cc(-c2ccccc2)nc2ccccc12. The van der Waals surface area contributed by atoms with Crippen molar-refractivity contribution in [2.75, 3.05) is 0 Å². The minimum Gasteiger partial charge on any atom is -0.298 e. The van der Waals surface area contributed by atoms with Gasteiger partial charge in [-0.3, -0.25) is 4.57 Å². The molecule has 5 aromatic rings. The van der Waals surface area contributed by atoms with E-state index in [0.717, 1.165) is 49.5 Å². The average Bonchev–Trinajstić information content (AvgIpc) is 3.26. The van der Waals surface area contributed by atoms with Crippen LogP contribution in [0.25, 0.3) is 33.5 Å². The van der Waals surface area contributed by atoms with E-state index in [1.807, 2.05) is 66.7 Å². The van der Waals surface area contributed by atoms with Gasteiger partial charge in [-0.15, -0.1) is 16.8 Å². The van der Waals surface area contributed by atoms with Crippen molar-refractivity contribution < 1.29 is 0 Å². The van der Waals surface area contributed by atoms with E-state index >= 15 is 0 Å². The molecule has 0 saturated carbocycles. The van der Waals surface area contributed by atoms with Gasteiger partial charge in [-0.1, -0.05) is 90.1 Å². The van der Waals surface area contributed by atoms with Gasteiger partial charge >= 0.3 is 0 Å². The molecule has 4 nitrogen and oxygen atoms in total. The van der Waals surface area contributed by atoms with Crippen LogP contribution in [0, 0.1) is 0 Å². The zero-order chi connectivity index (χ0) is 22.6. The lowest BCUT2D eigenvalue weighted by molar-refractivity contribution is 0.731. The Kier molecular flexibility index (Phi) is 6.24. The lowest BCUT2D eigenvalue weighted by atomic mass is 10.0. The first-order chi connectivity index (χ1) is 16.2. The molecule has 2 aromatic heterocycles. The number of pyridine rings is 1. The molecule has 5 rings (SSSR count). The van der Waals surface area contributed by atoms with Crippen LogP contribution in [0.3, 0.4) is 0 Å². The van der Waals surface area contributed by atoms with Gasteiger partial charge in [-0.2, -0.15) is 0 Å². The summed E-state index contributed by atoms with van der Waals surface area (Å²) in [6, 6.07) is 28.4. The van der Waals surface area contributed by atoms with Crippen LogP contribution in [0.2, 0.25) is 5.02 Å². The van der Waals surface area contributed by atoms with Crippen molar-refractivity contribution in [2.24, 2.45) is 0 Å². The predicted molar refractivity (Wildman–Crippen MR) is 137 cm³/mol. The third-order valence-corrected chi connectivity index (χ3v) is 6.63. The smallest absolute Gasteiger partial charge is 0.192 e. The fraction of sp³-hybridized carbons (Fsp3) is 0.0741. The molecule has 0 spiro atoms. The Morgan fingerprint density at radius 1 is 0.909 bits per heavy atom. The van der Waals surface area contributed by atoms with Crippen molar-refractivity contribution >= 4 is 34.3 Å². The highest BCUT2D eigenvalue weighted by molar-refractivity contribution is 7.98. The largest absolute Gasteiger partial charge is 0.298 e. The number of rotatable bonds is 7. The van der Waals surface area contributed by atoms with Gasteiger partial charge in [0.15, 0.2) is 11.0 Å². The van der Waals surface area contributed by atoms with Gasteiger partial charge in [0.1, 0.15) is 0 Å². The van der Waals surface area contributed by atoms with Gasteiger partial charge in [0.2, 0.25) is 0 Å². The van der Waals surface area contributed by atoms with E-state index in [1.54, 1.807) is 11.8 Å². The number of thioether (sulfide) groups is 1. The number of allylic oxidation sites excluding steroid dienone is 1. The molecule has 0 unspecified atom stereocenters. The molecule has 0 atom stereocenters. The van der Waals surface area contributed by atoms with Crippen LogP contribution in [0.4, 0.5) is 0 Å². The van der Waals surface area contributed by atoms with Crippen LogP contribution < -0.4 is 0 Å². The Bertz CT molecular complexity index is 1410. The zero-order valence-corrected chi connectivity index (χ0v) is 19.4. The van der Waals surface area contributed by atoms with Crippen molar-refractivity contribution in [3.8, 4) is 22.6 Å². The highest BCUT2D eigenvalue weighted by Crippen LogP contribution is 2.33. The second kappa shape index (κ2) is 9.61. The summed E-state index contributed by atoms with van der Waals surface area (Å²) in [5.74, 6) is 1.59. The van der Waals surface area contributed by atoms with E-state index in [4.69, 9.17) is 16.6 Å². The van der Waals surface area contributed by atoms with Gasteiger partial charge < -0.3 is 0 Å². The van der Waals surface area contributed by atoms with Gasteiger partial charge in [0, 0.05) is 33.8 Å². The second-order valence-electron chi connectivity index (χ2n) is 7.56. The summed E-state index contributed by atoms with van der Waals surface area (Å²) >= 11 is 7.67. The maximum Gasteiger partial charge on any atom is 0.192 e. The van der Waals surface area contributed by atoms with Crippen molar-refractivity contribution in [1.29, 1.82) is 0 Å². The lowest BCUT2D eigenvalue weighted by Gasteiger charge is -2.12. The Hall–Kier alpha value is -3.41. The number of para-hydroxylation sites is 1. The molecule has 0 fully saturated rings. The van der Waals surface area contributed by atoms with Crippen LogP contribution >= 0.6 is 23.4 Å². The predicted octanol–water partition coefficient (Wildman–Crippen LogP) is 7.29. The quantitative estimate of drug-likeness (QED) is 0.186. The molecule has 0 aliphatic heterocycles. The summed E-state index contributed by atoms with van der Waals surface area (Å²) in [5, 5.41) is 11.8. The fourth-order valence-corrected chi connectivity index (χ4v) is 4.76. The summed E-state index contributed by atoms with van der Waals surface area (Å²) in [5.41, 5.74) is 5.09. The third-order valence-electron chi connectivity index (χ3n) is 5.34. The lowest BCUT2D eigenvalue weighted by Crippen LogP contribution is -2.02. The summed E-state index contributed by atoms with van der Waals surface area (Å²) in [4.78, 5) is 4.90. The average molecular weight is 469 g/mol. The normalized spacial score (nSPS) is 11.1. The molecule has 33 heavy (non-hydrogen) atoms. The minimum absolute atomic E-state index is 0.614. The number of hydrogen-bond acceptors (Lipinski definition) is 4. The van der Waals surface area contributed by atoms with Crippen molar-refractivity contribution in [3.05, 3.63) is 108 Å². The van der Waals surface area contributed by atoms with Gasteiger partial charge in [-0.05, 0) is 29.8 Å². The molecule has 2 heterocycles. The first kappa shape index (κ1) is 21.4. The molecule has 0 aliphatic rings. The maximum absolute atomic E-state index is 6.02. The van der Waals surface area contributed by atoms with Crippen LogP contribution in [0.15, 0.2) is 103 Å². The van der Waals surface area contributed by atoms with Crippen LogP contribution in [-0.2, 0) is 12.3 Å². The van der Waals surface area contributed by atoms with Gasteiger partial charge in [-0.25, -0.2) is 4.98 Å². The van der Waals surface area contributed by atoms with E-state index in [-0.39, 0.29) is 0 Å². The minimum atomic E-state index is 0.614. The van der Waals surface area contributed by atoms with E-state index in [9.17, 15) is 0 Å². The summed E-state index contributed by atoms with van der Waals surface area (Å²) in [6.45, 7) is 4.57. The first-order valence-corrected chi connectivity index (χ1v) is 12.0. The number of halogens is 1. The van der Waals surface area contributed by atoms with E-state index in [2.05, 4.69) is 45.6 Å². The zero-order valence-electron chi connectivity index (χ0n) is 17.9. The fourth-order valence-electron chi connectivity index (χ4n) is 3.73. The molecule has 6 heteroatoms. The standard InChI is InChI=1S/C27H21ClN4S/c1-2-16-32-26(30-31-27(32)33-18-19-12-14-21(28)15-13-19)23-17-25(20-8-4-3-5-9-20)29-24-11-7-6-10-22(23)24/h2-15,17H,1,16,18H2. The van der Waals surface area contributed by atoms with Crippen molar-refractivity contribution in [1.82, 2.24) is 19.7 Å². The number of nitrogens with zero attached hydrogens (tertiary/aromatic N) is 4. The molecule has 162 valence electrons. The Morgan fingerprint density at radius 3 is 2.45 bits per heavy atom. The van der Waals surface area contributed by atoms with Crippen LogP contribution in [0.5, 0.6) is 0 Å². The second-order valence-corrected chi connectivity index (χ2v) is 8.94. The molecule has 0 radical (unpaired) electrons. The molecule has 0 saturated heterocycles. The topological polar surface area (TPSA) is 43.6 Å². The van der Waals surface area contributed by atoms with E-state index in [1.165, 1.54) is 5.56 Å². The molecule has 0 amide bonds. The highest BCUT2D eigenvalue weighted by atomic mass is 35.5. The molecule has 3 aromatic carbocycles. The Labute approximate surface area is 202 Å². The maximum atomic E-state index is 6.02. The number of hydrogen-bond donors (Lipinski definition) is 0. The molecule has 0 N–H and O–H groups in total. The van der Waals surface area contributed by atoms with E-state index in [0.29, 0.717) is 6.54 Å². The first-order valence-electron chi connectivity index (χ1n) is 10.6. The summed E-state index contributed by atoms with van der Waals surface area (Å²) in [6.07, 6.45) is 1.88. The Balaban J connectivity index is 1.59. The van der Waals surface area contributed by atoms with Crippen LogP contribution in [-0.4, -0.2) is 19.7 Å². The summed E-state index contributed by atoms with van der Waals surface area (Å²) in [7, 11) is 0. The van der Waals surface area contributed by atoms with Crippen molar-refractivity contribution in [2.45, 2.75) is 17.5 Å². The molecule has 0 aliphatic carbocycles. The highest BCUT2D eigenvalue weighted by Gasteiger charge is 2.18. The monoisotopic (exact) mass is 468 g/mol. The molecule has 0 bridgehead atoms. The third kappa shape index (κ3) is 4.56. The van der Waals surface area contributed by atoms with Gasteiger partial charge in [0.25, 0.3) is 0 Å². The summed E-state index contributed by atoms with van der Waals surface area (Å²) < 4.78 is 2.12. The molecular weight excluding hydrogens is 448 g/mol.